The van der Waals surface area contributed by atoms with Crippen molar-refractivity contribution in [3.05, 3.63) is 83.4 Å². The maximum Gasteiger partial charge on any atom is 0.123 e. The van der Waals surface area contributed by atoms with Gasteiger partial charge < -0.3 is 5.11 Å². The molecule has 1 N–H and O–H groups in total. The number of halogens is 1. The Morgan fingerprint density at radius 3 is 2.62 bits per heavy atom. The Bertz CT molecular complexity index is 752. The van der Waals surface area contributed by atoms with Crippen molar-refractivity contribution in [3.63, 3.8) is 0 Å². The molecule has 0 saturated heterocycles. The molecule has 0 fully saturated rings. The van der Waals surface area contributed by atoms with E-state index in [9.17, 15) is 9.50 Å². The molecule has 0 spiro atoms. The number of rotatable bonds is 3. The SMILES string of the molecule is Cc1ccc(F)cc1C(O)c1ccn(-c2ccccc2)n1. The van der Waals surface area contributed by atoms with E-state index in [1.165, 1.54) is 12.1 Å². The zero-order valence-corrected chi connectivity index (χ0v) is 11.6. The van der Waals surface area contributed by atoms with Gasteiger partial charge in [-0.05, 0) is 48.4 Å². The summed E-state index contributed by atoms with van der Waals surface area (Å²) in [6, 6.07) is 15.7. The molecule has 0 aliphatic carbocycles. The van der Waals surface area contributed by atoms with Gasteiger partial charge in [0.05, 0.1) is 11.4 Å². The van der Waals surface area contributed by atoms with E-state index >= 15 is 0 Å². The number of hydrogen-bond donors (Lipinski definition) is 1. The number of aromatic nitrogens is 2. The van der Waals surface area contributed by atoms with Crippen LogP contribution in [0.1, 0.15) is 22.9 Å². The van der Waals surface area contributed by atoms with Crippen LogP contribution >= 0.6 is 0 Å². The van der Waals surface area contributed by atoms with Crippen LogP contribution in [0.3, 0.4) is 0 Å². The Morgan fingerprint density at radius 1 is 1.10 bits per heavy atom. The van der Waals surface area contributed by atoms with E-state index in [0.717, 1.165) is 11.3 Å². The maximum absolute atomic E-state index is 13.4. The van der Waals surface area contributed by atoms with Gasteiger partial charge in [-0.25, -0.2) is 9.07 Å². The molecule has 2 aromatic carbocycles. The predicted octanol–water partition coefficient (Wildman–Crippen LogP) is 3.40. The molecule has 1 atom stereocenters. The van der Waals surface area contributed by atoms with Crippen LogP contribution in [0.15, 0.2) is 60.8 Å². The molecule has 1 aromatic heterocycles. The van der Waals surface area contributed by atoms with E-state index in [1.807, 2.05) is 37.3 Å². The van der Waals surface area contributed by atoms with Crippen LogP contribution in [0.2, 0.25) is 0 Å². The topological polar surface area (TPSA) is 38.0 Å². The van der Waals surface area contributed by atoms with Gasteiger partial charge in [-0.1, -0.05) is 24.3 Å². The molecule has 0 aliphatic heterocycles. The molecule has 106 valence electrons. The Hall–Kier alpha value is -2.46. The fourth-order valence-electron chi connectivity index (χ4n) is 2.27. The van der Waals surface area contributed by atoms with Crippen molar-refractivity contribution < 1.29 is 9.50 Å². The Kier molecular flexibility index (Phi) is 3.54. The third kappa shape index (κ3) is 2.71. The van der Waals surface area contributed by atoms with Crippen LogP contribution in [0.5, 0.6) is 0 Å². The predicted molar refractivity (Wildman–Crippen MR) is 78.8 cm³/mol. The number of benzene rings is 2. The summed E-state index contributed by atoms with van der Waals surface area (Å²) >= 11 is 0. The molecule has 3 aromatic rings. The van der Waals surface area contributed by atoms with E-state index in [4.69, 9.17) is 0 Å². The highest BCUT2D eigenvalue weighted by atomic mass is 19.1. The first-order valence-electron chi connectivity index (χ1n) is 6.70. The number of aryl methyl sites for hydroxylation is 1. The van der Waals surface area contributed by atoms with Gasteiger partial charge in [-0.15, -0.1) is 0 Å². The van der Waals surface area contributed by atoms with Crippen LogP contribution in [0, 0.1) is 12.7 Å². The van der Waals surface area contributed by atoms with E-state index < -0.39 is 6.10 Å². The minimum absolute atomic E-state index is 0.364. The van der Waals surface area contributed by atoms with Crippen LogP contribution in [-0.4, -0.2) is 14.9 Å². The average Bonchev–Trinajstić information content (AvgIpc) is 3.00. The first-order chi connectivity index (χ1) is 10.1. The smallest absolute Gasteiger partial charge is 0.123 e. The normalized spacial score (nSPS) is 12.3. The zero-order valence-electron chi connectivity index (χ0n) is 11.6. The maximum atomic E-state index is 13.4. The van der Waals surface area contributed by atoms with E-state index in [1.54, 1.807) is 23.0 Å². The Labute approximate surface area is 122 Å². The van der Waals surface area contributed by atoms with Gasteiger partial charge in [-0.2, -0.15) is 5.10 Å². The molecule has 0 aliphatic rings. The number of nitrogens with zero attached hydrogens (tertiary/aromatic N) is 2. The molecular formula is C17H15FN2O. The largest absolute Gasteiger partial charge is 0.382 e. The highest BCUT2D eigenvalue weighted by Crippen LogP contribution is 2.24. The zero-order chi connectivity index (χ0) is 14.8. The van der Waals surface area contributed by atoms with Crippen LogP contribution in [-0.2, 0) is 0 Å². The Balaban J connectivity index is 1.94. The van der Waals surface area contributed by atoms with Crippen LogP contribution in [0.25, 0.3) is 5.69 Å². The highest BCUT2D eigenvalue weighted by Gasteiger charge is 2.16. The van der Waals surface area contributed by atoms with Gasteiger partial charge in [0.2, 0.25) is 0 Å². The minimum atomic E-state index is -0.939. The quantitative estimate of drug-likeness (QED) is 0.799. The summed E-state index contributed by atoms with van der Waals surface area (Å²) in [7, 11) is 0. The summed E-state index contributed by atoms with van der Waals surface area (Å²) in [4.78, 5) is 0. The second-order valence-electron chi connectivity index (χ2n) is 4.92. The van der Waals surface area contributed by atoms with Crippen molar-refractivity contribution in [1.82, 2.24) is 9.78 Å². The number of aliphatic hydroxyl groups is 1. The number of hydrogen-bond acceptors (Lipinski definition) is 2. The van der Waals surface area contributed by atoms with Crippen molar-refractivity contribution in [1.29, 1.82) is 0 Å². The highest BCUT2D eigenvalue weighted by molar-refractivity contribution is 5.35. The molecule has 3 nitrogen and oxygen atoms in total. The Morgan fingerprint density at radius 2 is 1.86 bits per heavy atom. The van der Waals surface area contributed by atoms with Gasteiger partial charge in [0.1, 0.15) is 11.9 Å². The molecule has 0 saturated carbocycles. The first-order valence-corrected chi connectivity index (χ1v) is 6.70. The molecule has 21 heavy (non-hydrogen) atoms. The summed E-state index contributed by atoms with van der Waals surface area (Å²) in [5, 5.41) is 14.8. The molecule has 0 radical (unpaired) electrons. The van der Waals surface area contributed by atoms with Gasteiger partial charge >= 0.3 is 0 Å². The van der Waals surface area contributed by atoms with Crippen LogP contribution < -0.4 is 0 Å². The van der Waals surface area contributed by atoms with Gasteiger partial charge in [0.25, 0.3) is 0 Å². The second-order valence-corrected chi connectivity index (χ2v) is 4.92. The van der Waals surface area contributed by atoms with Crippen molar-refractivity contribution in [2.45, 2.75) is 13.0 Å². The lowest BCUT2D eigenvalue weighted by atomic mass is 10.0. The van der Waals surface area contributed by atoms with Gasteiger partial charge in [-0.3, -0.25) is 0 Å². The van der Waals surface area contributed by atoms with Crippen molar-refractivity contribution >= 4 is 0 Å². The average molecular weight is 282 g/mol. The third-order valence-corrected chi connectivity index (χ3v) is 3.45. The summed E-state index contributed by atoms with van der Waals surface area (Å²) in [6.45, 7) is 1.84. The molecule has 3 rings (SSSR count). The van der Waals surface area contributed by atoms with Gasteiger partial charge in [0.15, 0.2) is 0 Å². The lowest BCUT2D eigenvalue weighted by molar-refractivity contribution is 0.213. The minimum Gasteiger partial charge on any atom is -0.382 e. The molecule has 0 amide bonds. The van der Waals surface area contributed by atoms with E-state index in [2.05, 4.69) is 5.10 Å². The van der Waals surface area contributed by atoms with Crippen molar-refractivity contribution in [2.75, 3.05) is 0 Å². The fourth-order valence-corrected chi connectivity index (χ4v) is 2.27. The summed E-state index contributed by atoms with van der Waals surface area (Å²) < 4.78 is 15.0. The summed E-state index contributed by atoms with van der Waals surface area (Å²) in [5.74, 6) is -0.364. The molecule has 1 unspecified atom stereocenters. The van der Waals surface area contributed by atoms with Crippen molar-refractivity contribution in [3.8, 4) is 5.69 Å². The summed E-state index contributed by atoms with van der Waals surface area (Å²) in [5.41, 5.74) is 2.77. The van der Waals surface area contributed by atoms with Crippen molar-refractivity contribution in [2.24, 2.45) is 0 Å². The summed E-state index contributed by atoms with van der Waals surface area (Å²) in [6.07, 6.45) is 0.841. The van der Waals surface area contributed by atoms with Crippen LogP contribution in [0.4, 0.5) is 4.39 Å². The monoisotopic (exact) mass is 282 g/mol. The lowest BCUT2D eigenvalue weighted by Gasteiger charge is -2.11. The first kappa shape index (κ1) is 13.5. The molecule has 0 bridgehead atoms. The molecule has 4 heteroatoms. The molecule has 1 heterocycles. The standard InChI is InChI=1S/C17H15FN2O/c1-12-7-8-13(18)11-15(12)17(21)16-9-10-20(19-16)14-5-3-2-4-6-14/h2-11,17,21H,1H3. The number of para-hydroxylation sites is 1. The second kappa shape index (κ2) is 5.50. The van der Waals surface area contributed by atoms with Gasteiger partial charge in [0, 0.05) is 6.20 Å². The molecular weight excluding hydrogens is 267 g/mol. The lowest BCUT2D eigenvalue weighted by Crippen LogP contribution is -2.05. The fraction of sp³-hybridized carbons (Fsp3) is 0.118. The third-order valence-electron chi connectivity index (χ3n) is 3.45. The number of aliphatic hydroxyl groups excluding tert-OH is 1. The van der Waals surface area contributed by atoms with E-state index in [0.29, 0.717) is 11.3 Å². The van der Waals surface area contributed by atoms with E-state index in [-0.39, 0.29) is 5.82 Å².